The van der Waals surface area contributed by atoms with Gasteiger partial charge in [0.2, 0.25) is 0 Å². The number of methoxy groups -OCH3 is 1. The number of para-hydroxylation sites is 1. The van der Waals surface area contributed by atoms with E-state index in [4.69, 9.17) is 9.47 Å². The van der Waals surface area contributed by atoms with E-state index in [-0.39, 0.29) is 6.54 Å². The van der Waals surface area contributed by atoms with Crippen LogP contribution in [-0.2, 0) is 14.3 Å². The quantitative estimate of drug-likeness (QED) is 0.740. The van der Waals surface area contributed by atoms with Crippen LogP contribution in [-0.4, -0.2) is 37.5 Å². The van der Waals surface area contributed by atoms with Gasteiger partial charge < -0.3 is 20.1 Å². The molecule has 0 aliphatic carbocycles. The van der Waals surface area contributed by atoms with E-state index in [1.807, 2.05) is 6.07 Å². The highest BCUT2D eigenvalue weighted by atomic mass is 16.5. The minimum Gasteiger partial charge on any atom is -0.497 e. The molecule has 0 aromatic heterocycles. The molecule has 0 bridgehead atoms. The Hall–Kier alpha value is -3.35. The third-order valence-electron chi connectivity index (χ3n) is 3.46. The van der Waals surface area contributed by atoms with Crippen LogP contribution >= 0.6 is 0 Å². The van der Waals surface area contributed by atoms with Crippen LogP contribution in [0.5, 0.6) is 5.75 Å². The van der Waals surface area contributed by atoms with Crippen molar-refractivity contribution in [3.8, 4) is 5.75 Å². The summed E-state index contributed by atoms with van der Waals surface area (Å²) in [5, 5.41) is 5.08. The minimum atomic E-state index is -0.986. The van der Waals surface area contributed by atoms with E-state index in [1.54, 1.807) is 48.5 Å². The number of hydrogen-bond donors (Lipinski definition) is 2. The van der Waals surface area contributed by atoms with Crippen molar-refractivity contribution in [2.45, 2.75) is 13.0 Å². The van der Waals surface area contributed by atoms with Crippen LogP contribution in [0.25, 0.3) is 0 Å². The molecule has 2 aromatic rings. The van der Waals surface area contributed by atoms with Gasteiger partial charge in [-0.15, -0.1) is 0 Å². The summed E-state index contributed by atoms with van der Waals surface area (Å²) >= 11 is 0. The lowest BCUT2D eigenvalue weighted by Crippen LogP contribution is -2.35. The fourth-order valence-corrected chi connectivity index (χ4v) is 2.05. The summed E-state index contributed by atoms with van der Waals surface area (Å²) in [6.45, 7) is 1.12. The normalized spacial score (nSPS) is 11.2. The van der Waals surface area contributed by atoms with Crippen molar-refractivity contribution in [3.05, 3.63) is 60.2 Å². The van der Waals surface area contributed by atoms with E-state index in [0.29, 0.717) is 17.0 Å². The second kappa shape index (κ2) is 9.22. The number of amides is 2. The Balaban J connectivity index is 1.78. The Morgan fingerprint density at radius 3 is 2.27 bits per heavy atom. The van der Waals surface area contributed by atoms with Crippen molar-refractivity contribution in [1.82, 2.24) is 5.32 Å². The molecular weight excluding hydrogens is 336 g/mol. The first kappa shape index (κ1) is 19.0. The number of ether oxygens (including phenoxy) is 2. The molecule has 0 unspecified atom stereocenters. The summed E-state index contributed by atoms with van der Waals surface area (Å²) in [6.07, 6.45) is -0.986. The zero-order valence-corrected chi connectivity index (χ0v) is 14.5. The fourth-order valence-electron chi connectivity index (χ4n) is 2.05. The molecule has 0 aliphatic heterocycles. The lowest BCUT2D eigenvalue weighted by Gasteiger charge is -2.14. The first-order valence-electron chi connectivity index (χ1n) is 7.97. The summed E-state index contributed by atoms with van der Waals surface area (Å²) in [5.41, 5.74) is 0.988. The van der Waals surface area contributed by atoms with E-state index < -0.39 is 23.9 Å². The van der Waals surface area contributed by atoms with Gasteiger partial charge in [-0.3, -0.25) is 14.4 Å². The highest BCUT2D eigenvalue weighted by Gasteiger charge is 2.18. The zero-order valence-electron chi connectivity index (χ0n) is 14.5. The molecule has 2 amide bonds. The highest BCUT2D eigenvalue weighted by Crippen LogP contribution is 2.11. The zero-order chi connectivity index (χ0) is 18.9. The maximum absolute atomic E-state index is 12.0. The summed E-state index contributed by atoms with van der Waals surface area (Å²) in [6, 6.07) is 15.3. The molecule has 7 nitrogen and oxygen atoms in total. The number of carbonyl (C=O) groups is 3. The van der Waals surface area contributed by atoms with Crippen LogP contribution < -0.4 is 15.4 Å². The fraction of sp³-hybridized carbons (Fsp3) is 0.211. The number of nitrogens with one attached hydrogen (secondary N) is 2. The van der Waals surface area contributed by atoms with Gasteiger partial charge in [-0.05, 0) is 43.3 Å². The van der Waals surface area contributed by atoms with Gasteiger partial charge in [-0.25, -0.2) is 0 Å². The van der Waals surface area contributed by atoms with Crippen molar-refractivity contribution < 1.29 is 23.9 Å². The van der Waals surface area contributed by atoms with Crippen LogP contribution in [0.4, 0.5) is 5.69 Å². The molecule has 2 rings (SSSR count). The Bertz CT molecular complexity index is 759. The van der Waals surface area contributed by atoms with Gasteiger partial charge in [0.05, 0.1) is 7.11 Å². The van der Waals surface area contributed by atoms with Gasteiger partial charge in [0.1, 0.15) is 12.3 Å². The molecular formula is C19H20N2O5. The molecule has 1 atom stereocenters. The molecule has 26 heavy (non-hydrogen) atoms. The van der Waals surface area contributed by atoms with Gasteiger partial charge in [0.15, 0.2) is 6.10 Å². The Morgan fingerprint density at radius 2 is 1.65 bits per heavy atom. The van der Waals surface area contributed by atoms with Crippen molar-refractivity contribution in [2.75, 3.05) is 19.0 Å². The average molecular weight is 356 g/mol. The lowest BCUT2D eigenvalue weighted by molar-refractivity contribution is -0.152. The second-order valence-electron chi connectivity index (χ2n) is 5.40. The van der Waals surface area contributed by atoms with Gasteiger partial charge in [0, 0.05) is 11.3 Å². The van der Waals surface area contributed by atoms with E-state index in [9.17, 15) is 14.4 Å². The first-order chi connectivity index (χ1) is 12.5. The Morgan fingerprint density at radius 1 is 1.00 bits per heavy atom. The molecule has 0 fully saturated rings. The van der Waals surface area contributed by atoms with Gasteiger partial charge >= 0.3 is 5.97 Å². The first-order valence-corrected chi connectivity index (χ1v) is 7.97. The Kier molecular flexibility index (Phi) is 6.73. The smallest absolute Gasteiger partial charge is 0.326 e. The summed E-state index contributed by atoms with van der Waals surface area (Å²) in [7, 11) is 1.53. The Labute approximate surface area is 151 Å². The number of benzene rings is 2. The van der Waals surface area contributed by atoms with Crippen LogP contribution in [0.2, 0.25) is 0 Å². The molecule has 0 saturated carbocycles. The predicted molar refractivity (Wildman–Crippen MR) is 96.0 cm³/mol. The minimum absolute atomic E-state index is 0.339. The SMILES string of the molecule is COc1ccc(C(=O)NCC(=O)O[C@H](C)C(=O)Nc2ccccc2)cc1. The second-order valence-corrected chi connectivity index (χ2v) is 5.40. The lowest BCUT2D eigenvalue weighted by atomic mass is 10.2. The van der Waals surface area contributed by atoms with Crippen molar-refractivity contribution in [3.63, 3.8) is 0 Å². The largest absolute Gasteiger partial charge is 0.497 e. The number of esters is 1. The van der Waals surface area contributed by atoms with Gasteiger partial charge in [-0.2, -0.15) is 0 Å². The van der Waals surface area contributed by atoms with E-state index in [0.717, 1.165) is 0 Å². The maximum atomic E-state index is 12.0. The number of carbonyl (C=O) groups excluding carboxylic acids is 3. The van der Waals surface area contributed by atoms with Crippen LogP contribution in [0, 0.1) is 0 Å². The topological polar surface area (TPSA) is 93.7 Å². The third-order valence-corrected chi connectivity index (χ3v) is 3.46. The molecule has 7 heteroatoms. The standard InChI is InChI=1S/C19H20N2O5/c1-13(18(23)21-15-6-4-3-5-7-15)26-17(22)12-20-19(24)14-8-10-16(25-2)11-9-14/h3-11,13H,12H2,1-2H3,(H,20,24)(H,21,23)/t13-/m1/s1. The molecule has 0 aliphatic rings. The van der Waals surface area contributed by atoms with Gasteiger partial charge in [0.25, 0.3) is 11.8 Å². The summed E-state index contributed by atoms with van der Waals surface area (Å²) in [4.78, 5) is 35.8. The van der Waals surface area contributed by atoms with Crippen LogP contribution in [0.3, 0.4) is 0 Å². The molecule has 0 radical (unpaired) electrons. The van der Waals surface area contributed by atoms with Crippen molar-refractivity contribution >= 4 is 23.5 Å². The number of anilines is 1. The highest BCUT2D eigenvalue weighted by molar-refractivity contribution is 5.97. The van der Waals surface area contributed by atoms with E-state index >= 15 is 0 Å². The van der Waals surface area contributed by atoms with Crippen LogP contribution in [0.15, 0.2) is 54.6 Å². The predicted octanol–water partition coefficient (Wildman–Crippen LogP) is 2.00. The molecule has 136 valence electrons. The molecule has 0 heterocycles. The number of rotatable bonds is 7. The number of hydrogen-bond acceptors (Lipinski definition) is 5. The molecule has 2 N–H and O–H groups in total. The van der Waals surface area contributed by atoms with Crippen molar-refractivity contribution in [1.29, 1.82) is 0 Å². The molecule has 2 aromatic carbocycles. The summed E-state index contributed by atoms with van der Waals surface area (Å²) in [5.74, 6) is -0.959. The monoisotopic (exact) mass is 356 g/mol. The van der Waals surface area contributed by atoms with Crippen LogP contribution in [0.1, 0.15) is 17.3 Å². The average Bonchev–Trinajstić information content (AvgIpc) is 2.67. The molecule has 0 saturated heterocycles. The maximum Gasteiger partial charge on any atom is 0.326 e. The molecule has 0 spiro atoms. The van der Waals surface area contributed by atoms with E-state index in [1.165, 1.54) is 14.0 Å². The third kappa shape index (κ3) is 5.62. The summed E-state index contributed by atoms with van der Waals surface area (Å²) < 4.78 is 10.0. The van der Waals surface area contributed by atoms with E-state index in [2.05, 4.69) is 10.6 Å². The van der Waals surface area contributed by atoms with Crippen molar-refractivity contribution in [2.24, 2.45) is 0 Å². The van der Waals surface area contributed by atoms with Gasteiger partial charge in [-0.1, -0.05) is 18.2 Å².